The van der Waals surface area contributed by atoms with Crippen LogP contribution < -0.4 is 15.0 Å². The molecule has 0 saturated carbocycles. The average Bonchev–Trinajstić information content (AvgIpc) is 3.00. The molecule has 0 aromatic carbocycles. The molecule has 0 fully saturated rings. The zero-order chi connectivity index (χ0) is 13.9. The van der Waals surface area contributed by atoms with Gasteiger partial charge in [-0.25, -0.2) is 13.6 Å². The van der Waals surface area contributed by atoms with E-state index in [1.54, 1.807) is 4.52 Å². The molecule has 0 aliphatic heterocycles. The summed E-state index contributed by atoms with van der Waals surface area (Å²) in [4.78, 5) is 0. The minimum Gasteiger partial charge on any atom is -0.475 e. The maximum atomic E-state index is 6.02. The number of pyridine rings is 1. The lowest BCUT2D eigenvalue weighted by Gasteiger charge is -2.02. The average molecular weight is 272 g/mol. The molecule has 0 aliphatic rings. The lowest BCUT2D eigenvalue weighted by molar-refractivity contribution is -0.671. The highest BCUT2D eigenvalue weighted by molar-refractivity contribution is 5.74. The lowest BCUT2D eigenvalue weighted by atomic mass is 10.3. The highest BCUT2D eigenvalue weighted by Crippen LogP contribution is 2.24. The number of aromatic nitrogens is 4. The van der Waals surface area contributed by atoms with Crippen molar-refractivity contribution in [3.05, 3.63) is 43.1 Å². The number of anilines is 1. The molecule has 2 N–H and O–H groups in total. The van der Waals surface area contributed by atoms with E-state index in [1.165, 1.54) is 0 Å². The standard InChI is InChI=1S/C14H18N5O/c1-17-8-9-18(11-17)6-4-10-20-14-13(15)12-5-2-3-7-19(12)16-14/h2-3,5,7-9,11H,4,6,10,15H2,1H3/q+1. The monoisotopic (exact) mass is 272 g/mol. The van der Waals surface area contributed by atoms with Crippen molar-refractivity contribution in [1.29, 1.82) is 0 Å². The van der Waals surface area contributed by atoms with Crippen molar-refractivity contribution in [3.8, 4) is 5.88 Å². The Morgan fingerprint density at radius 3 is 3.00 bits per heavy atom. The van der Waals surface area contributed by atoms with Crippen LogP contribution in [-0.4, -0.2) is 20.8 Å². The molecule has 3 aromatic rings. The summed E-state index contributed by atoms with van der Waals surface area (Å²) in [7, 11) is 2.00. The number of nitrogens with two attached hydrogens (primary N) is 1. The highest BCUT2D eigenvalue weighted by atomic mass is 16.5. The van der Waals surface area contributed by atoms with Crippen LogP contribution in [0.15, 0.2) is 43.1 Å². The summed E-state index contributed by atoms with van der Waals surface area (Å²) in [6.45, 7) is 1.50. The van der Waals surface area contributed by atoms with Crippen LogP contribution in [0.3, 0.4) is 0 Å². The molecule has 3 heterocycles. The van der Waals surface area contributed by atoms with E-state index in [0.717, 1.165) is 18.5 Å². The first-order valence-corrected chi connectivity index (χ1v) is 6.61. The van der Waals surface area contributed by atoms with Crippen LogP contribution in [-0.2, 0) is 13.6 Å². The summed E-state index contributed by atoms with van der Waals surface area (Å²) in [5.41, 5.74) is 7.49. The Bertz CT molecular complexity index is 715. The van der Waals surface area contributed by atoms with E-state index in [4.69, 9.17) is 10.5 Å². The quantitative estimate of drug-likeness (QED) is 0.557. The van der Waals surface area contributed by atoms with Crippen molar-refractivity contribution in [2.45, 2.75) is 13.0 Å². The number of aryl methyl sites for hydroxylation is 2. The molecule has 20 heavy (non-hydrogen) atoms. The van der Waals surface area contributed by atoms with Crippen molar-refractivity contribution in [1.82, 2.24) is 14.2 Å². The predicted octanol–water partition coefficient (Wildman–Crippen LogP) is 1.01. The van der Waals surface area contributed by atoms with Gasteiger partial charge in [-0.1, -0.05) is 6.07 Å². The van der Waals surface area contributed by atoms with Crippen LogP contribution in [0.5, 0.6) is 5.88 Å². The largest absolute Gasteiger partial charge is 0.475 e. The Labute approximate surface area is 117 Å². The SMILES string of the molecule is C[n+]1ccn(CCCOc2nn3ccccc3c2N)c1. The van der Waals surface area contributed by atoms with Gasteiger partial charge < -0.3 is 10.5 Å². The Hall–Kier alpha value is -2.50. The highest BCUT2D eigenvalue weighted by Gasteiger charge is 2.10. The first kappa shape index (κ1) is 12.5. The summed E-state index contributed by atoms with van der Waals surface area (Å²) in [5, 5.41) is 4.32. The summed E-state index contributed by atoms with van der Waals surface area (Å²) in [6, 6.07) is 5.77. The van der Waals surface area contributed by atoms with E-state index in [9.17, 15) is 0 Å². The van der Waals surface area contributed by atoms with Gasteiger partial charge in [0.25, 0.3) is 5.88 Å². The van der Waals surface area contributed by atoms with Crippen molar-refractivity contribution in [3.63, 3.8) is 0 Å². The molecule has 0 amide bonds. The fraction of sp³-hybridized carbons (Fsp3) is 0.286. The molecule has 0 bridgehead atoms. The summed E-state index contributed by atoms with van der Waals surface area (Å²) in [5.74, 6) is 0.509. The van der Waals surface area contributed by atoms with E-state index in [-0.39, 0.29) is 0 Å². The number of imidazole rings is 1. The second-order valence-electron chi connectivity index (χ2n) is 4.77. The van der Waals surface area contributed by atoms with Crippen molar-refractivity contribution in [2.24, 2.45) is 7.05 Å². The molecule has 3 aromatic heterocycles. The molecular weight excluding hydrogens is 254 g/mol. The molecule has 0 unspecified atom stereocenters. The van der Waals surface area contributed by atoms with Gasteiger partial charge in [-0.2, -0.15) is 0 Å². The lowest BCUT2D eigenvalue weighted by Crippen LogP contribution is -2.23. The molecule has 0 atom stereocenters. The molecule has 6 nitrogen and oxygen atoms in total. The molecule has 0 saturated heterocycles. The van der Waals surface area contributed by atoms with Gasteiger partial charge in [0.15, 0.2) is 0 Å². The van der Waals surface area contributed by atoms with E-state index >= 15 is 0 Å². The van der Waals surface area contributed by atoms with Crippen molar-refractivity contribution >= 4 is 11.2 Å². The fourth-order valence-corrected chi connectivity index (χ4v) is 2.15. The maximum Gasteiger partial charge on any atom is 0.257 e. The Morgan fingerprint density at radius 1 is 1.35 bits per heavy atom. The summed E-state index contributed by atoms with van der Waals surface area (Å²) >= 11 is 0. The number of hydrogen-bond acceptors (Lipinski definition) is 3. The third-order valence-electron chi connectivity index (χ3n) is 3.17. The van der Waals surface area contributed by atoms with Crippen LogP contribution in [0.2, 0.25) is 0 Å². The Morgan fingerprint density at radius 2 is 2.25 bits per heavy atom. The van der Waals surface area contributed by atoms with Gasteiger partial charge in [0.05, 0.1) is 25.7 Å². The topological polar surface area (TPSA) is 61.4 Å². The van der Waals surface area contributed by atoms with Crippen LogP contribution in [0, 0.1) is 0 Å². The zero-order valence-electron chi connectivity index (χ0n) is 11.4. The van der Waals surface area contributed by atoms with Gasteiger partial charge in [0.2, 0.25) is 6.33 Å². The molecule has 6 heteroatoms. The first-order valence-electron chi connectivity index (χ1n) is 6.61. The van der Waals surface area contributed by atoms with Crippen LogP contribution in [0.25, 0.3) is 5.52 Å². The number of hydrogen-bond donors (Lipinski definition) is 1. The summed E-state index contributed by atoms with van der Waals surface area (Å²) in [6.07, 6.45) is 8.86. The van der Waals surface area contributed by atoms with Gasteiger partial charge >= 0.3 is 0 Å². The van der Waals surface area contributed by atoms with E-state index < -0.39 is 0 Å². The minimum absolute atomic E-state index is 0.509. The zero-order valence-corrected chi connectivity index (χ0v) is 11.4. The number of rotatable bonds is 5. The second-order valence-corrected chi connectivity index (χ2v) is 4.77. The third-order valence-corrected chi connectivity index (χ3v) is 3.17. The smallest absolute Gasteiger partial charge is 0.257 e. The first-order chi connectivity index (χ1) is 9.74. The number of nitrogens with zero attached hydrogens (tertiary/aromatic N) is 4. The van der Waals surface area contributed by atoms with Crippen LogP contribution >= 0.6 is 0 Å². The molecule has 0 aliphatic carbocycles. The minimum atomic E-state index is 0.509. The number of nitrogen functional groups attached to an aromatic ring is 1. The van der Waals surface area contributed by atoms with Crippen LogP contribution in [0.1, 0.15) is 6.42 Å². The molecular formula is C14H18N5O+. The van der Waals surface area contributed by atoms with E-state index in [2.05, 4.69) is 9.67 Å². The van der Waals surface area contributed by atoms with Gasteiger partial charge in [0.1, 0.15) is 18.1 Å². The van der Waals surface area contributed by atoms with Crippen LogP contribution in [0.4, 0.5) is 5.69 Å². The fourth-order valence-electron chi connectivity index (χ4n) is 2.15. The molecule has 0 spiro atoms. The van der Waals surface area contributed by atoms with Gasteiger partial charge in [-0.3, -0.25) is 0 Å². The second kappa shape index (κ2) is 5.24. The normalized spacial score (nSPS) is 11.1. The van der Waals surface area contributed by atoms with Crippen molar-refractivity contribution in [2.75, 3.05) is 12.3 Å². The Kier molecular flexibility index (Phi) is 3.28. The van der Waals surface area contributed by atoms with Gasteiger partial charge in [0, 0.05) is 12.6 Å². The molecule has 0 radical (unpaired) electrons. The maximum absolute atomic E-state index is 6.02. The Balaban J connectivity index is 1.58. The van der Waals surface area contributed by atoms with Crippen molar-refractivity contribution < 1.29 is 9.30 Å². The predicted molar refractivity (Wildman–Crippen MR) is 75.3 cm³/mol. The number of fused-ring (bicyclic) bond motifs is 1. The van der Waals surface area contributed by atoms with E-state index in [0.29, 0.717) is 18.2 Å². The summed E-state index contributed by atoms with van der Waals surface area (Å²) < 4.78 is 11.5. The molecule has 3 rings (SSSR count). The molecule has 104 valence electrons. The van der Waals surface area contributed by atoms with E-state index in [1.807, 2.05) is 54.7 Å². The number of ether oxygens (including phenoxy) is 1. The van der Waals surface area contributed by atoms with Gasteiger partial charge in [-0.15, -0.1) is 5.10 Å². The third kappa shape index (κ3) is 2.45. The van der Waals surface area contributed by atoms with Gasteiger partial charge in [-0.05, 0) is 12.1 Å².